The predicted molar refractivity (Wildman–Crippen MR) is 127 cm³/mol. The highest BCUT2D eigenvalue weighted by atomic mass is 35.5. The average molecular weight is 484 g/mol. The number of halogens is 2. The first-order valence-corrected chi connectivity index (χ1v) is 11.3. The molecule has 33 heavy (non-hydrogen) atoms. The van der Waals surface area contributed by atoms with Crippen molar-refractivity contribution in [1.29, 1.82) is 0 Å². The molecule has 4 rings (SSSR count). The van der Waals surface area contributed by atoms with Crippen molar-refractivity contribution in [3.63, 3.8) is 0 Å². The minimum Gasteiger partial charge on any atom is -0.490 e. The summed E-state index contributed by atoms with van der Waals surface area (Å²) in [5, 5.41) is -0.229. The zero-order valence-electron chi connectivity index (χ0n) is 17.4. The van der Waals surface area contributed by atoms with Crippen molar-refractivity contribution in [3.8, 4) is 11.5 Å². The fourth-order valence-corrected chi connectivity index (χ4v) is 4.17. The van der Waals surface area contributed by atoms with Crippen LogP contribution in [-0.2, 0) is 11.3 Å². The van der Waals surface area contributed by atoms with E-state index in [0.29, 0.717) is 29.4 Å². The van der Waals surface area contributed by atoms with Crippen LogP contribution in [0.3, 0.4) is 0 Å². The second kappa shape index (κ2) is 10.6. The van der Waals surface area contributed by atoms with Crippen LogP contribution in [0.25, 0.3) is 6.08 Å². The lowest BCUT2D eigenvalue weighted by atomic mass is 10.2. The fourth-order valence-electron chi connectivity index (χ4n) is 3.10. The van der Waals surface area contributed by atoms with Gasteiger partial charge in [0.15, 0.2) is 0 Å². The molecule has 1 saturated heterocycles. The molecular weight excluding hydrogens is 465 g/mol. The first-order valence-electron chi connectivity index (χ1n) is 10.1. The third-order valence-electron chi connectivity index (χ3n) is 4.76. The van der Waals surface area contributed by atoms with Gasteiger partial charge in [-0.2, -0.15) is 0 Å². The summed E-state index contributed by atoms with van der Waals surface area (Å²) in [6.07, 6.45) is 1.65. The van der Waals surface area contributed by atoms with E-state index in [1.807, 2.05) is 30.3 Å². The minimum absolute atomic E-state index is 0.0149. The van der Waals surface area contributed by atoms with E-state index in [2.05, 4.69) is 0 Å². The molecule has 1 heterocycles. The predicted octanol–water partition coefficient (Wildman–Crippen LogP) is 6.17. The van der Waals surface area contributed by atoms with Crippen LogP contribution in [0.15, 0.2) is 77.7 Å². The van der Waals surface area contributed by atoms with Gasteiger partial charge in [-0.1, -0.05) is 48.0 Å². The van der Waals surface area contributed by atoms with Crippen LogP contribution in [-0.4, -0.2) is 29.3 Å². The van der Waals surface area contributed by atoms with E-state index in [4.69, 9.17) is 21.1 Å². The monoisotopic (exact) mass is 483 g/mol. The van der Waals surface area contributed by atoms with Crippen LogP contribution in [0.4, 0.5) is 9.18 Å². The number of rotatable bonds is 8. The molecule has 0 bridgehead atoms. The van der Waals surface area contributed by atoms with E-state index < -0.39 is 17.0 Å². The minimum atomic E-state index is -0.478. The van der Waals surface area contributed by atoms with Crippen molar-refractivity contribution in [3.05, 3.63) is 99.7 Å². The quantitative estimate of drug-likeness (QED) is 0.283. The molecule has 3 aromatic rings. The number of amides is 2. The zero-order chi connectivity index (χ0) is 23.2. The van der Waals surface area contributed by atoms with Gasteiger partial charge in [-0.3, -0.25) is 14.5 Å². The van der Waals surface area contributed by atoms with Gasteiger partial charge < -0.3 is 9.47 Å². The van der Waals surface area contributed by atoms with Gasteiger partial charge in [-0.25, -0.2) is 4.39 Å². The Balaban J connectivity index is 1.33. The van der Waals surface area contributed by atoms with Gasteiger partial charge in [-0.15, -0.1) is 0 Å². The van der Waals surface area contributed by atoms with Crippen LogP contribution in [0.5, 0.6) is 11.5 Å². The molecule has 0 radical (unpaired) electrons. The summed E-state index contributed by atoms with van der Waals surface area (Å²) in [6, 6.07) is 20.5. The summed E-state index contributed by atoms with van der Waals surface area (Å²) >= 11 is 6.89. The van der Waals surface area contributed by atoms with Crippen molar-refractivity contribution in [2.24, 2.45) is 0 Å². The molecule has 5 nitrogen and oxygen atoms in total. The van der Waals surface area contributed by atoms with Crippen LogP contribution in [0.2, 0.25) is 5.02 Å². The lowest BCUT2D eigenvalue weighted by Gasteiger charge is -2.13. The van der Waals surface area contributed by atoms with Crippen molar-refractivity contribution in [1.82, 2.24) is 4.90 Å². The number of hydrogen-bond donors (Lipinski definition) is 0. The van der Waals surface area contributed by atoms with Crippen LogP contribution < -0.4 is 9.47 Å². The Kier molecular flexibility index (Phi) is 7.32. The fraction of sp³-hybridized carbons (Fsp3) is 0.120. The van der Waals surface area contributed by atoms with Gasteiger partial charge in [0, 0.05) is 5.02 Å². The van der Waals surface area contributed by atoms with Gasteiger partial charge in [0.1, 0.15) is 30.5 Å². The number of ether oxygens (including phenoxy) is 2. The lowest BCUT2D eigenvalue weighted by molar-refractivity contribution is -0.123. The summed E-state index contributed by atoms with van der Waals surface area (Å²) in [5.74, 6) is 0.563. The molecule has 1 aliphatic heterocycles. The largest absolute Gasteiger partial charge is 0.490 e. The molecule has 1 aliphatic rings. The number of benzene rings is 3. The SMILES string of the molecule is O=C1S/C(=C\c2ccc(OCCOc3ccccc3)cc2)C(=O)N1Cc1ccc(F)cc1Cl. The Hall–Kier alpha value is -3.29. The van der Waals surface area contributed by atoms with Gasteiger partial charge in [0.05, 0.1) is 11.4 Å². The second-order valence-corrected chi connectivity index (χ2v) is 8.48. The van der Waals surface area contributed by atoms with Gasteiger partial charge in [0.25, 0.3) is 11.1 Å². The number of carbonyl (C=O) groups excluding carboxylic acids is 2. The third kappa shape index (κ3) is 5.94. The van der Waals surface area contributed by atoms with Gasteiger partial charge in [-0.05, 0) is 65.4 Å². The van der Waals surface area contributed by atoms with Crippen LogP contribution in [0.1, 0.15) is 11.1 Å². The molecule has 8 heteroatoms. The van der Waals surface area contributed by atoms with Crippen molar-refractivity contribution in [2.45, 2.75) is 6.54 Å². The number of para-hydroxylation sites is 1. The third-order valence-corrected chi connectivity index (χ3v) is 6.02. The topological polar surface area (TPSA) is 55.8 Å². The molecule has 2 amide bonds. The highest BCUT2D eigenvalue weighted by molar-refractivity contribution is 8.18. The van der Waals surface area contributed by atoms with Crippen molar-refractivity contribution < 1.29 is 23.5 Å². The molecule has 0 saturated carbocycles. The summed E-state index contributed by atoms with van der Waals surface area (Å²) in [6.45, 7) is 0.787. The van der Waals surface area contributed by atoms with Crippen LogP contribution >= 0.6 is 23.4 Å². The number of imide groups is 1. The van der Waals surface area contributed by atoms with E-state index in [9.17, 15) is 14.0 Å². The standard InChI is InChI=1S/C25H19ClFNO4S/c26-22-15-19(27)9-8-18(22)16-28-24(29)23(33-25(28)30)14-17-6-10-21(11-7-17)32-13-12-31-20-4-2-1-3-5-20/h1-11,14-15H,12-13,16H2/b23-14-. The number of nitrogens with zero attached hydrogens (tertiary/aromatic N) is 1. The summed E-state index contributed by atoms with van der Waals surface area (Å²) in [7, 11) is 0. The van der Waals surface area contributed by atoms with E-state index in [1.54, 1.807) is 30.3 Å². The van der Waals surface area contributed by atoms with Crippen molar-refractivity contribution >= 4 is 40.6 Å². The summed E-state index contributed by atoms with van der Waals surface area (Å²) in [4.78, 5) is 26.5. The second-order valence-electron chi connectivity index (χ2n) is 7.08. The smallest absolute Gasteiger partial charge is 0.293 e. The van der Waals surface area contributed by atoms with E-state index >= 15 is 0 Å². The molecule has 3 aromatic carbocycles. The first kappa shape index (κ1) is 22.9. The van der Waals surface area contributed by atoms with E-state index in [0.717, 1.165) is 34.0 Å². The van der Waals surface area contributed by atoms with Gasteiger partial charge in [0.2, 0.25) is 0 Å². The molecule has 0 aromatic heterocycles. The number of carbonyl (C=O) groups is 2. The van der Waals surface area contributed by atoms with Crippen molar-refractivity contribution in [2.75, 3.05) is 13.2 Å². The highest BCUT2D eigenvalue weighted by Gasteiger charge is 2.35. The molecule has 0 spiro atoms. The Morgan fingerprint density at radius 3 is 2.24 bits per heavy atom. The number of hydrogen-bond acceptors (Lipinski definition) is 5. The number of thioether (sulfide) groups is 1. The Morgan fingerprint density at radius 1 is 0.909 bits per heavy atom. The first-order chi connectivity index (χ1) is 16.0. The molecule has 0 atom stereocenters. The average Bonchev–Trinajstić information content (AvgIpc) is 3.07. The maximum Gasteiger partial charge on any atom is 0.293 e. The molecule has 0 unspecified atom stereocenters. The van der Waals surface area contributed by atoms with E-state index in [-0.39, 0.29) is 11.6 Å². The van der Waals surface area contributed by atoms with E-state index in [1.165, 1.54) is 12.1 Å². The normalized spacial score (nSPS) is 14.7. The molecule has 1 fully saturated rings. The molecular formula is C25H19ClFNO4S. The molecule has 0 aliphatic carbocycles. The highest BCUT2D eigenvalue weighted by Crippen LogP contribution is 2.34. The maximum absolute atomic E-state index is 13.2. The molecule has 168 valence electrons. The Bertz CT molecular complexity index is 1180. The summed E-state index contributed by atoms with van der Waals surface area (Å²) in [5.41, 5.74) is 1.26. The molecule has 0 N–H and O–H groups in total. The van der Waals surface area contributed by atoms with Gasteiger partial charge >= 0.3 is 0 Å². The Morgan fingerprint density at radius 2 is 1.58 bits per heavy atom. The zero-order valence-corrected chi connectivity index (χ0v) is 18.9. The summed E-state index contributed by atoms with van der Waals surface area (Å²) < 4.78 is 24.5. The van der Waals surface area contributed by atoms with Crippen LogP contribution in [0, 0.1) is 5.82 Å². The lowest BCUT2D eigenvalue weighted by Crippen LogP contribution is -2.27. The Labute approximate surface area is 199 Å². The maximum atomic E-state index is 13.2.